The van der Waals surface area contributed by atoms with Crippen LogP contribution in [0.3, 0.4) is 0 Å². The lowest BCUT2D eigenvalue weighted by Crippen LogP contribution is -2.35. The van der Waals surface area contributed by atoms with Crippen LogP contribution in [0.25, 0.3) is 0 Å². The number of carbonyl (C=O) groups is 1. The minimum atomic E-state index is 0.0444. The summed E-state index contributed by atoms with van der Waals surface area (Å²) in [4.78, 5) is 14.5. The average molecular weight is 263 g/mol. The van der Waals surface area contributed by atoms with Crippen molar-refractivity contribution < 1.29 is 4.79 Å². The maximum atomic E-state index is 12.6. The summed E-state index contributed by atoms with van der Waals surface area (Å²) in [6.07, 6.45) is 2.19. The van der Waals surface area contributed by atoms with Crippen LogP contribution in [0.4, 0.5) is 5.69 Å². The summed E-state index contributed by atoms with van der Waals surface area (Å²) < 4.78 is 0. The SMILES string of the molecule is CCC(CC)CN(CC)C(=O)c1ccccc1NN. The van der Waals surface area contributed by atoms with Crippen molar-refractivity contribution in [2.24, 2.45) is 11.8 Å². The number of hydrazine groups is 1. The van der Waals surface area contributed by atoms with Crippen molar-refractivity contribution in [1.29, 1.82) is 0 Å². The van der Waals surface area contributed by atoms with Gasteiger partial charge in [-0.2, -0.15) is 0 Å². The molecule has 1 aromatic rings. The van der Waals surface area contributed by atoms with Gasteiger partial charge in [-0.1, -0.05) is 38.8 Å². The Morgan fingerprint density at radius 3 is 2.42 bits per heavy atom. The molecule has 0 bridgehead atoms. The Balaban J connectivity index is 2.89. The third-order valence-electron chi connectivity index (χ3n) is 3.62. The van der Waals surface area contributed by atoms with E-state index in [9.17, 15) is 4.79 Å². The smallest absolute Gasteiger partial charge is 0.256 e. The minimum absolute atomic E-state index is 0.0444. The first-order valence-electron chi connectivity index (χ1n) is 7.02. The molecule has 4 heteroatoms. The van der Waals surface area contributed by atoms with E-state index < -0.39 is 0 Å². The molecule has 0 radical (unpaired) electrons. The van der Waals surface area contributed by atoms with E-state index in [0.717, 1.165) is 19.4 Å². The summed E-state index contributed by atoms with van der Waals surface area (Å²) in [7, 11) is 0. The number of amides is 1. The van der Waals surface area contributed by atoms with Gasteiger partial charge in [0.1, 0.15) is 0 Å². The molecule has 4 nitrogen and oxygen atoms in total. The molecule has 1 amide bonds. The van der Waals surface area contributed by atoms with Gasteiger partial charge in [-0.25, -0.2) is 0 Å². The molecular formula is C15H25N3O. The molecule has 0 atom stereocenters. The Kier molecular flexibility index (Phi) is 6.36. The van der Waals surface area contributed by atoms with Gasteiger partial charge < -0.3 is 10.3 Å². The molecule has 0 saturated carbocycles. The number of nitrogens with zero attached hydrogens (tertiary/aromatic N) is 1. The summed E-state index contributed by atoms with van der Waals surface area (Å²) >= 11 is 0. The van der Waals surface area contributed by atoms with Gasteiger partial charge in [-0.05, 0) is 25.0 Å². The highest BCUT2D eigenvalue weighted by Gasteiger charge is 2.19. The number of hydrogen-bond donors (Lipinski definition) is 2. The van der Waals surface area contributed by atoms with Gasteiger partial charge in [0, 0.05) is 13.1 Å². The lowest BCUT2D eigenvalue weighted by molar-refractivity contribution is 0.0736. The number of nitrogens with one attached hydrogen (secondary N) is 1. The Morgan fingerprint density at radius 2 is 1.89 bits per heavy atom. The second kappa shape index (κ2) is 7.79. The molecule has 0 unspecified atom stereocenters. The van der Waals surface area contributed by atoms with Crippen LogP contribution in [0, 0.1) is 5.92 Å². The first kappa shape index (κ1) is 15.5. The normalized spacial score (nSPS) is 10.6. The molecule has 0 aliphatic rings. The fourth-order valence-electron chi connectivity index (χ4n) is 2.18. The Bertz CT molecular complexity index is 402. The van der Waals surface area contributed by atoms with Crippen molar-refractivity contribution in [3.8, 4) is 0 Å². The molecule has 0 fully saturated rings. The number of rotatable bonds is 7. The van der Waals surface area contributed by atoms with Gasteiger partial charge in [0.15, 0.2) is 0 Å². The van der Waals surface area contributed by atoms with Crippen molar-refractivity contribution in [1.82, 2.24) is 4.90 Å². The van der Waals surface area contributed by atoms with Gasteiger partial charge in [0.2, 0.25) is 0 Å². The van der Waals surface area contributed by atoms with E-state index in [2.05, 4.69) is 19.3 Å². The molecule has 0 heterocycles. The molecule has 19 heavy (non-hydrogen) atoms. The first-order chi connectivity index (χ1) is 9.17. The summed E-state index contributed by atoms with van der Waals surface area (Å²) in [5.41, 5.74) is 3.90. The molecular weight excluding hydrogens is 238 g/mol. The molecule has 3 N–H and O–H groups in total. The highest BCUT2D eigenvalue weighted by Crippen LogP contribution is 2.18. The molecule has 106 valence electrons. The van der Waals surface area contributed by atoms with E-state index in [-0.39, 0.29) is 5.91 Å². The second-order valence-corrected chi connectivity index (χ2v) is 4.72. The maximum absolute atomic E-state index is 12.6. The molecule has 0 saturated heterocycles. The predicted octanol–water partition coefficient (Wildman–Crippen LogP) is 2.87. The third-order valence-corrected chi connectivity index (χ3v) is 3.62. The van der Waals surface area contributed by atoms with Gasteiger partial charge >= 0.3 is 0 Å². The van der Waals surface area contributed by atoms with Gasteiger partial charge in [-0.3, -0.25) is 10.6 Å². The maximum Gasteiger partial charge on any atom is 0.256 e. The first-order valence-corrected chi connectivity index (χ1v) is 7.02. The van der Waals surface area contributed by atoms with E-state index in [4.69, 9.17) is 5.84 Å². The van der Waals surface area contributed by atoms with Crippen molar-refractivity contribution in [3.63, 3.8) is 0 Å². The minimum Gasteiger partial charge on any atom is -0.339 e. The summed E-state index contributed by atoms with van der Waals surface area (Å²) in [6, 6.07) is 7.35. The van der Waals surface area contributed by atoms with E-state index in [0.29, 0.717) is 23.7 Å². The topological polar surface area (TPSA) is 58.4 Å². The fourth-order valence-corrected chi connectivity index (χ4v) is 2.18. The van der Waals surface area contributed by atoms with Crippen LogP contribution in [0.5, 0.6) is 0 Å². The summed E-state index contributed by atoms with van der Waals surface area (Å²) in [6.45, 7) is 7.87. The predicted molar refractivity (Wildman–Crippen MR) is 79.9 cm³/mol. The van der Waals surface area contributed by atoms with Crippen molar-refractivity contribution in [2.75, 3.05) is 18.5 Å². The highest BCUT2D eigenvalue weighted by atomic mass is 16.2. The fraction of sp³-hybridized carbons (Fsp3) is 0.533. The largest absolute Gasteiger partial charge is 0.339 e. The van der Waals surface area contributed by atoms with Crippen LogP contribution < -0.4 is 11.3 Å². The zero-order chi connectivity index (χ0) is 14.3. The Labute approximate surface area is 115 Å². The number of hydrogen-bond acceptors (Lipinski definition) is 3. The van der Waals surface area contributed by atoms with Crippen molar-refractivity contribution in [2.45, 2.75) is 33.6 Å². The van der Waals surface area contributed by atoms with E-state index in [1.165, 1.54) is 0 Å². The molecule has 0 aromatic heterocycles. The van der Waals surface area contributed by atoms with Crippen LogP contribution in [0.2, 0.25) is 0 Å². The number of nitrogen functional groups attached to an aromatic ring is 1. The molecule has 1 aromatic carbocycles. The summed E-state index contributed by atoms with van der Waals surface area (Å²) in [5, 5.41) is 0. The van der Waals surface area contributed by atoms with Crippen LogP contribution in [-0.2, 0) is 0 Å². The van der Waals surface area contributed by atoms with E-state index >= 15 is 0 Å². The second-order valence-electron chi connectivity index (χ2n) is 4.72. The number of anilines is 1. The monoisotopic (exact) mass is 263 g/mol. The Morgan fingerprint density at radius 1 is 1.26 bits per heavy atom. The molecule has 0 aliphatic carbocycles. The lowest BCUT2D eigenvalue weighted by Gasteiger charge is -2.26. The van der Waals surface area contributed by atoms with Gasteiger partial charge in [0.25, 0.3) is 5.91 Å². The molecule has 0 spiro atoms. The highest BCUT2D eigenvalue weighted by molar-refractivity contribution is 5.99. The molecule has 0 aliphatic heterocycles. The zero-order valence-electron chi connectivity index (χ0n) is 12.1. The van der Waals surface area contributed by atoms with E-state index in [1.54, 1.807) is 0 Å². The van der Waals surface area contributed by atoms with Gasteiger partial charge in [-0.15, -0.1) is 0 Å². The standard InChI is InChI=1S/C15H25N3O/c1-4-12(5-2)11-18(6-3)15(19)13-9-7-8-10-14(13)17-16/h7-10,12,17H,4-6,11,16H2,1-3H3. The number of carbonyl (C=O) groups excluding carboxylic acids is 1. The third kappa shape index (κ3) is 3.96. The summed E-state index contributed by atoms with van der Waals surface area (Å²) in [5.74, 6) is 6.06. The van der Waals surface area contributed by atoms with Crippen LogP contribution >= 0.6 is 0 Å². The van der Waals surface area contributed by atoms with Crippen LogP contribution in [0.1, 0.15) is 44.0 Å². The number of nitrogens with two attached hydrogens (primary N) is 1. The van der Waals surface area contributed by atoms with Crippen molar-refractivity contribution in [3.05, 3.63) is 29.8 Å². The Hall–Kier alpha value is -1.55. The number of benzene rings is 1. The van der Waals surface area contributed by atoms with Crippen molar-refractivity contribution >= 4 is 11.6 Å². The quantitative estimate of drug-likeness (QED) is 0.587. The lowest BCUT2D eigenvalue weighted by atomic mass is 10.0. The zero-order valence-corrected chi connectivity index (χ0v) is 12.1. The van der Waals surface area contributed by atoms with Gasteiger partial charge in [0.05, 0.1) is 11.3 Å². The molecule has 1 rings (SSSR count). The number of para-hydroxylation sites is 1. The van der Waals surface area contributed by atoms with E-state index in [1.807, 2.05) is 36.1 Å². The average Bonchev–Trinajstić information content (AvgIpc) is 2.48. The van der Waals surface area contributed by atoms with Crippen LogP contribution in [0.15, 0.2) is 24.3 Å². The van der Waals surface area contributed by atoms with Crippen LogP contribution in [-0.4, -0.2) is 23.9 Å².